The first-order valence-electron chi connectivity index (χ1n) is 8.52. The van der Waals surface area contributed by atoms with Crippen LogP contribution in [0.2, 0.25) is 0 Å². The number of hydrogen-bond donors (Lipinski definition) is 1. The van der Waals surface area contributed by atoms with Gasteiger partial charge in [-0.15, -0.1) is 0 Å². The van der Waals surface area contributed by atoms with Crippen LogP contribution in [0, 0.1) is 0 Å². The molecule has 0 bridgehead atoms. The summed E-state index contributed by atoms with van der Waals surface area (Å²) in [4.78, 5) is 17.2. The zero-order valence-electron chi connectivity index (χ0n) is 15.3. The number of benzene rings is 1. The van der Waals surface area contributed by atoms with Crippen LogP contribution in [0.25, 0.3) is 0 Å². The number of methoxy groups -OCH3 is 1. The number of nitrogens with zero attached hydrogens (tertiary/aromatic N) is 5. The van der Waals surface area contributed by atoms with E-state index in [0.717, 1.165) is 24.5 Å². The Morgan fingerprint density at radius 1 is 1.20 bits per heavy atom. The second kappa shape index (κ2) is 7.23. The molecule has 0 amide bonds. The molecule has 25 heavy (non-hydrogen) atoms. The minimum Gasteiger partial charge on any atom is -0.497 e. The fourth-order valence-corrected chi connectivity index (χ4v) is 3.31. The molecule has 7 heteroatoms. The normalized spacial score (nSPS) is 20.6. The van der Waals surface area contributed by atoms with E-state index in [1.165, 1.54) is 5.56 Å². The number of nitrogen functional groups attached to an aromatic ring is 1. The fraction of sp³-hybridized carbons (Fsp3) is 0.500. The van der Waals surface area contributed by atoms with Gasteiger partial charge in [0, 0.05) is 26.7 Å². The van der Waals surface area contributed by atoms with E-state index in [1.807, 2.05) is 31.1 Å². The van der Waals surface area contributed by atoms with Crippen molar-refractivity contribution in [3.63, 3.8) is 0 Å². The van der Waals surface area contributed by atoms with Gasteiger partial charge in [0.2, 0.25) is 11.9 Å². The second-order valence-electron chi connectivity index (χ2n) is 6.79. The third-order valence-electron chi connectivity index (χ3n) is 4.72. The first-order valence-corrected chi connectivity index (χ1v) is 8.52. The molecule has 0 radical (unpaired) electrons. The zero-order chi connectivity index (χ0) is 18.0. The topological polar surface area (TPSA) is 80.4 Å². The van der Waals surface area contributed by atoms with Crippen molar-refractivity contribution in [2.75, 3.05) is 38.4 Å². The van der Waals surface area contributed by atoms with Gasteiger partial charge in [-0.05, 0) is 37.0 Å². The molecule has 1 aromatic carbocycles. The van der Waals surface area contributed by atoms with Gasteiger partial charge in [0.1, 0.15) is 11.6 Å². The van der Waals surface area contributed by atoms with E-state index < -0.39 is 0 Å². The largest absolute Gasteiger partial charge is 0.497 e. The van der Waals surface area contributed by atoms with Crippen molar-refractivity contribution in [1.29, 1.82) is 0 Å². The molecule has 2 atom stereocenters. The standard InChI is InChI=1S/C18H26N6O/c1-12-9-14(13-5-7-15(25-4)8-6-13)10-24(12)11-16-20-17(19)22-18(21-16)23(2)3/h5-8,12,14H,9-11H2,1-4H3,(H2,19,20,21,22). The van der Waals surface area contributed by atoms with Gasteiger partial charge < -0.3 is 15.4 Å². The number of rotatable bonds is 5. The van der Waals surface area contributed by atoms with Gasteiger partial charge >= 0.3 is 0 Å². The molecule has 0 saturated carbocycles. The van der Waals surface area contributed by atoms with Crippen LogP contribution in [0.3, 0.4) is 0 Å². The van der Waals surface area contributed by atoms with Gasteiger partial charge in [-0.1, -0.05) is 12.1 Å². The highest BCUT2D eigenvalue weighted by molar-refractivity contribution is 5.33. The van der Waals surface area contributed by atoms with Crippen LogP contribution in [0.15, 0.2) is 24.3 Å². The van der Waals surface area contributed by atoms with E-state index in [9.17, 15) is 0 Å². The van der Waals surface area contributed by atoms with Gasteiger partial charge in [0.05, 0.1) is 13.7 Å². The molecule has 2 unspecified atom stereocenters. The molecule has 2 aromatic rings. The maximum atomic E-state index is 5.83. The third-order valence-corrected chi connectivity index (χ3v) is 4.72. The van der Waals surface area contributed by atoms with Crippen LogP contribution in [0.1, 0.15) is 30.7 Å². The summed E-state index contributed by atoms with van der Waals surface area (Å²) in [6.07, 6.45) is 1.12. The van der Waals surface area contributed by atoms with E-state index in [4.69, 9.17) is 10.5 Å². The number of anilines is 2. The molecule has 1 aliphatic heterocycles. The minimum atomic E-state index is 0.271. The Bertz CT molecular complexity index is 718. The van der Waals surface area contributed by atoms with Crippen LogP contribution in [0.4, 0.5) is 11.9 Å². The van der Waals surface area contributed by atoms with Crippen LogP contribution in [-0.4, -0.2) is 53.6 Å². The van der Waals surface area contributed by atoms with Crippen LogP contribution in [0.5, 0.6) is 5.75 Å². The third kappa shape index (κ3) is 3.99. The summed E-state index contributed by atoms with van der Waals surface area (Å²) < 4.78 is 5.25. The Balaban J connectivity index is 1.71. The highest BCUT2D eigenvalue weighted by atomic mass is 16.5. The van der Waals surface area contributed by atoms with Gasteiger partial charge in [0.15, 0.2) is 0 Å². The molecule has 1 aromatic heterocycles. The number of likely N-dealkylation sites (tertiary alicyclic amines) is 1. The molecule has 1 aliphatic rings. The number of ether oxygens (including phenoxy) is 1. The predicted molar refractivity (Wildman–Crippen MR) is 98.8 cm³/mol. The summed E-state index contributed by atoms with van der Waals surface area (Å²) in [5.74, 6) is 2.99. The smallest absolute Gasteiger partial charge is 0.229 e. The van der Waals surface area contributed by atoms with Crippen LogP contribution < -0.4 is 15.4 Å². The van der Waals surface area contributed by atoms with Crippen molar-refractivity contribution in [3.05, 3.63) is 35.7 Å². The quantitative estimate of drug-likeness (QED) is 0.889. The summed E-state index contributed by atoms with van der Waals surface area (Å²) >= 11 is 0. The first kappa shape index (κ1) is 17.4. The van der Waals surface area contributed by atoms with Crippen LogP contribution in [-0.2, 0) is 6.54 Å². The SMILES string of the molecule is COc1ccc(C2CC(C)N(Cc3nc(N)nc(N(C)C)n3)C2)cc1. The van der Waals surface area contributed by atoms with E-state index in [2.05, 4.69) is 38.9 Å². The van der Waals surface area contributed by atoms with E-state index in [1.54, 1.807) is 7.11 Å². The van der Waals surface area contributed by atoms with Crippen LogP contribution >= 0.6 is 0 Å². The van der Waals surface area contributed by atoms with Crippen molar-refractivity contribution in [1.82, 2.24) is 19.9 Å². The Kier molecular flexibility index (Phi) is 5.03. The molecule has 7 nitrogen and oxygen atoms in total. The van der Waals surface area contributed by atoms with E-state index in [-0.39, 0.29) is 5.95 Å². The Morgan fingerprint density at radius 2 is 1.92 bits per heavy atom. The zero-order valence-corrected chi connectivity index (χ0v) is 15.3. The van der Waals surface area contributed by atoms with E-state index >= 15 is 0 Å². The Morgan fingerprint density at radius 3 is 2.56 bits per heavy atom. The summed E-state index contributed by atoms with van der Waals surface area (Å²) in [7, 11) is 5.49. The molecule has 0 spiro atoms. The molecule has 2 heterocycles. The molecule has 134 valence electrons. The summed E-state index contributed by atoms with van der Waals surface area (Å²) in [6, 6.07) is 8.83. The first-order chi connectivity index (χ1) is 12.0. The van der Waals surface area contributed by atoms with Gasteiger partial charge in [-0.3, -0.25) is 4.90 Å². The highest BCUT2D eigenvalue weighted by Gasteiger charge is 2.30. The predicted octanol–water partition coefficient (Wildman–Crippen LogP) is 1.91. The Labute approximate surface area is 148 Å². The second-order valence-corrected chi connectivity index (χ2v) is 6.79. The van der Waals surface area contributed by atoms with Gasteiger partial charge in [-0.2, -0.15) is 15.0 Å². The fourth-order valence-electron chi connectivity index (χ4n) is 3.31. The molecule has 0 aliphatic carbocycles. The van der Waals surface area contributed by atoms with Crippen molar-refractivity contribution in [2.24, 2.45) is 0 Å². The van der Waals surface area contributed by atoms with E-state index in [0.29, 0.717) is 24.5 Å². The molecule has 1 fully saturated rings. The molecule has 2 N–H and O–H groups in total. The lowest BCUT2D eigenvalue weighted by atomic mass is 9.97. The summed E-state index contributed by atoms with van der Waals surface area (Å²) in [5.41, 5.74) is 7.18. The van der Waals surface area contributed by atoms with Crippen molar-refractivity contribution in [3.8, 4) is 5.75 Å². The maximum Gasteiger partial charge on any atom is 0.229 e. The van der Waals surface area contributed by atoms with Crippen molar-refractivity contribution in [2.45, 2.75) is 31.8 Å². The average Bonchev–Trinajstić information content (AvgIpc) is 2.95. The lowest BCUT2D eigenvalue weighted by Crippen LogP contribution is -2.28. The van der Waals surface area contributed by atoms with Gasteiger partial charge in [-0.25, -0.2) is 0 Å². The average molecular weight is 342 g/mol. The maximum absolute atomic E-state index is 5.83. The Hall–Kier alpha value is -2.41. The molecule has 1 saturated heterocycles. The summed E-state index contributed by atoms with van der Waals surface area (Å²) in [5, 5.41) is 0. The lowest BCUT2D eigenvalue weighted by Gasteiger charge is -2.20. The van der Waals surface area contributed by atoms with Crippen molar-refractivity contribution >= 4 is 11.9 Å². The monoisotopic (exact) mass is 342 g/mol. The number of nitrogens with two attached hydrogens (primary N) is 1. The number of aromatic nitrogens is 3. The van der Waals surface area contributed by atoms with Gasteiger partial charge in [0.25, 0.3) is 0 Å². The molecular formula is C18H26N6O. The number of hydrogen-bond acceptors (Lipinski definition) is 7. The minimum absolute atomic E-state index is 0.271. The lowest BCUT2D eigenvalue weighted by molar-refractivity contribution is 0.252. The highest BCUT2D eigenvalue weighted by Crippen LogP contribution is 2.33. The molecule has 3 rings (SSSR count). The molecular weight excluding hydrogens is 316 g/mol. The summed E-state index contributed by atoms with van der Waals surface area (Å²) in [6.45, 7) is 3.92. The van der Waals surface area contributed by atoms with Crippen molar-refractivity contribution < 1.29 is 4.74 Å².